The first kappa shape index (κ1) is 13.0. The summed E-state index contributed by atoms with van der Waals surface area (Å²) in [5.41, 5.74) is 0. The molecule has 0 aliphatic heterocycles. The van der Waals surface area contributed by atoms with Gasteiger partial charge in [0.25, 0.3) is 0 Å². The zero-order valence-corrected chi connectivity index (χ0v) is 9.13. The van der Waals surface area contributed by atoms with Gasteiger partial charge in [-0.3, -0.25) is 0 Å². The van der Waals surface area contributed by atoms with Crippen LogP contribution in [0.25, 0.3) is 0 Å². The molecule has 0 aliphatic rings. The second-order valence-corrected chi connectivity index (χ2v) is 3.85. The van der Waals surface area contributed by atoms with Gasteiger partial charge in [0.2, 0.25) is 0 Å². The Morgan fingerprint density at radius 2 is 1.50 bits per heavy atom. The van der Waals surface area contributed by atoms with E-state index in [4.69, 9.17) is 10.5 Å². The Morgan fingerprint density at radius 1 is 0.929 bits per heavy atom. The lowest BCUT2D eigenvalue weighted by atomic mass is 10.0. The van der Waals surface area contributed by atoms with E-state index >= 15 is 0 Å². The van der Waals surface area contributed by atoms with Gasteiger partial charge < -0.3 is 0 Å². The van der Waals surface area contributed by atoms with Crippen molar-refractivity contribution in [2.45, 2.75) is 58.3 Å². The van der Waals surface area contributed by atoms with E-state index in [-0.39, 0.29) is 5.92 Å². The Hall–Kier alpha value is -1.02. The molecule has 0 rings (SSSR count). The SMILES string of the molecule is CC(C#N)CCCCCCCCC#N. The van der Waals surface area contributed by atoms with E-state index < -0.39 is 0 Å². The standard InChI is InChI=1S/C12H20N2/c1-12(11-14)9-7-5-3-2-4-6-8-10-13/h12H,2-9H2,1H3. The van der Waals surface area contributed by atoms with Crippen molar-refractivity contribution in [2.75, 3.05) is 0 Å². The summed E-state index contributed by atoms with van der Waals surface area (Å²) in [6.45, 7) is 1.98. The van der Waals surface area contributed by atoms with Gasteiger partial charge in [0.15, 0.2) is 0 Å². The molecule has 0 saturated carbocycles. The maximum atomic E-state index is 8.55. The Morgan fingerprint density at radius 3 is 2.07 bits per heavy atom. The van der Waals surface area contributed by atoms with Gasteiger partial charge in [0, 0.05) is 12.3 Å². The zero-order valence-electron chi connectivity index (χ0n) is 9.13. The number of nitrogens with zero attached hydrogens (tertiary/aromatic N) is 2. The predicted octanol–water partition coefficient (Wildman–Crippen LogP) is 3.79. The summed E-state index contributed by atoms with van der Waals surface area (Å²) in [6.07, 6.45) is 8.87. The third-order valence-corrected chi connectivity index (χ3v) is 2.40. The first-order valence-corrected chi connectivity index (χ1v) is 5.58. The highest BCUT2D eigenvalue weighted by Crippen LogP contribution is 2.11. The molecule has 1 unspecified atom stereocenters. The minimum absolute atomic E-state index is 0.216. The lowest BCUT2D eigenvalue weighted by Crippen LogP contribution is -1.89. The van der Waals surface area contributed by atoms with Crippen molar-refractivity contribution in [1.82, 2.24) is 0 Å². The largest absolute Gasteiger partial charge is 0.198 e. The normalized spacial score (nSPS) is 11.6. The zero-order chi connectivity index (χ0) is 10.6. The van der Waals surface area contributed by atoms with Crippen LogP contribution in [-0.4, -0.2) is 0 Å². The van der Waals surface area contributed by atoms with Gasteiger partial charge in [-0.05, 0) is 19.8 Å². The lowest BCUT2D eigenvalue weighted by Gasteiger charge is -2.01. The second-order valence-electron chi connectivity index (χ2n) is 3.85. The van der Waals surface area contributed by atoms with Gasteiger partial charge in [-0.1, -0.05) is 32.1 Å². The first-order valence-electron chi connectivity index (χ1n) is 5.58. The number of hydrogen-bond acceptors (Lipinski definition) is 2. The van der Waals surface area contributed by atoms with E-state index in [0.717, 1.165) is 12.8 Å². The van der Waals surface area contributed by atoms with Crippen LogP contribution in [0.3, 0.4) is 0 Å². The summed E-state index contributed by atoms with van der Waals surface area (Å²) in [4.78, 5) is 0. The highest BCUT2D eigenvalue weighted by atomic mass is 14.3. The molecule has 0 saturated heterocycles. The van der Waals surface area contributed by atoms with E-state index in [1.807, 2.05) is 6.92 Å². The fourth-order valence-corrected chi connectivity index (χ4v) is 1.43. The molecule has 0 bridgehead atoms. The predicted molar refractivity (Wildman–Crippen MR) is 57.3 cm³/mol. The van der Waals surface area contributed by atoms with Gasteiger partial charge in [-0.2, -0.15) is 10.5 Å². The van der Waals surface area contributed by atoms with Gasteiger partial charge in [0.1, 0.15) is 0 Å². The van der Waals surface area contributed by atoms with E-state index in [9.17, 15) is 0 Å². The summed E-state index contributed by atoms with van der Waals surface area (Å²) >= 11 is 0. The second kappa shape index (κ2) is 10.1. The summed E-state index contributed by atoms with van der Waals surface area (Å²) in [7, 11) is 0. The van der Waals surface area contributed by atoms with Crippen LogP contribution in [0.1, 0.15) is 58.3 Å². The minimum atomic E-state index is 0.216. The monoisotopic (exact) mass is 192 g/mol. The molecule has 0 spiro atoms. The van der Waals surface area contributed by atoms with Crippen LogP contribution in [0, 0.1) is 28.6 Å². The van der Waals surface area contributed by atoms with Crippen molar-refractivity contribution in [2.24, 2.45) is 5.92 Å². The molecule has 14 heavy (non-hydrogen) atoms. The fraction of sp³-hybridized carbons (Fsp3) is 0.833. The van der Waals surface area contributed by atoms with E-state index in [1.165, 1.54) is 32.1 Å². The van der Waals surface area contributed by atoms with Crippen LogP contribution >= 0.6 is 0 Å². The molecule has 0 radical (unpaired) electrons. The quantitative estimate of drug-likeness (QED) is 0.549. The summed E-state index contributed by atoms with van der Waals surface area (Å²) in [5, 5.41) is 16.9. The molecule has 78 valence electrons. The van der Waals surface area contributed by atoms with Crippen LogP contribution in [0.15, 0.2) is 0 Å². The summed E-state index contributed by atoms with van der Waals surface area (Å²) in [5.74, 6) is 0.216. The number of unbranched alkanes of at least 4 members (excludes halogenated alkanes) is 6. The molecule has 0 fully saturated rings. The van der Waals surface area contributed by atoms with Crippen LogP contribution in [0.5, 0.6) is 0 Å². The third kappa shape index (κ3) is 9.07. The Kier molecular flexibility index (Phi) is 9.33. The Bertz CT molecular complexity index is 197. The average molecular weight is 192 g/mol. The molecule has 0 aromatic heterocycles. The Labute approximate surface area is 87.5 Å². The molecule has 0 amide bonds. The minimum Gasteiger partial charge on any atom is -0.198 e. The van der Waals surface area contributed by atoms with Crippen molar-refractivity contribution in [3.63, 3.8) is 0 Å². The molecule has 2 heteroatoms. The Balaban J connectivity index is 3.01. The molecule has 1 atom stereocenters. The van der Waals surface area contributed by atoms with Crippen LogP contribution in [0.2, 0.25) is 0 Å². The van der Waals surface area contributed by atoms with Crippen LogP contribution < -0.4 is 0 Å². The highest BCUT2D eigenvalue weighted by Gasteiger charge is 1.98. The van der Waals surface area contributed by atoms with Crippen LogP contribution in [-0.2, 0) is 0 Å². The van der Waals surface area contributed by atoms with Crippen molar-refractivity contribution in [3.05, 3.63) is 0 Å². The molecular formula is C12H20N2. The molecule has 0 aliphatic carbocycles. The molecular weight excluding hydrogens is 172 g/mol. The van der Waals surface area contributed by atoms with E-state index in [2.05, 4.69) is 12.1 Å². The molecule has 0 aromatic rings. The third-order valence-electron chi connectivity index (χ3n) is 2.40. The smallest absolute Gasteiger partial charge is 0.0652 e. The summed E-state index contributed by atoms with van der Waals surface area (Å²) in [6, 6.07) is 4.40. The topological polar surface area (TPSA) is 47.6 Å². The molecule has 0 aromatic carbocycles. The fourth-order valence-electron chi connectivity index (χ4n) is 1.43. The van der Waals surface area contributed by atoms with Crippen molar-refractivity contribution in [3.8, 4) is 12.1 Å². The van der Waals surface area contributed by atoms with Crippen molar-refractivity contribution >= 4 is 0 Å². The maximum Gasteiger partial charge on any atom is 0.0652 e. The first-order chi connectivity index (χ1) is 6.81. The molecule has 0 heterocycles. The molecule has 2 nitrogen and oxygen atoms in total. The molecule has 0 N–H and O–H groups in total. The highest BCUT2D eigenvalue weighted by molar-refractivity contribution is 4.77. The van der Waals surface area contributed by atoms with Crippen LogP contribution in [0.4, 0.5) is 0 Å². The maximum absolute atomic E-state index is 8.55. The van der Waals surface area contributed by atoms with Gasteiger partial charge in [-0.15, -0.1) is 0 Å². The van der Waals surface area contributed by atoms with E-state index in [1.54, 1.807) is 0 Å². The van der Waals surface area contributed by atoms with Crippen molar-refractivity contribution in [1.29, 1.82) is 10.5 Å². The van der Waals surface area contributed by atoms with Crippen molar-refractivity contribution < 1.29 is 0 Å². The summed E-state index contributed by atoms with van der Waals surface area (Å²) < 4.78 is 0. The van der Waals surface area contributed by atoms with Gasteiger partial charge in [0.05, 0.1) is 12.1 Å². The van der Waals surface area contributed by atoms with E-state index in [0.29, 0.717) is 6.42 Å². The average Bonchev–Trinajstić information content (AvgIpc) is 2.21. The number of rotatable bonds is 8. The lowest BCUT2D eigenvalue weighted by molar-refractivity contribution is 0.545. The number of nitriles is 2. The van der Waals surface area contributed by atoms with Gasteiger partial charge in [-0.25, -0.2) is 0 Å². The number of hydrogen-bond donors (Lipinski definition) is 0. The van der Waals surface area contributed by atoms with Gasteiger partial charge >= 0.3 is 0 Å².